The zero-order valence-electron chi connectivity index (χ0n) is 14.8. The Kier molecular flexibility index (Phi) is 6.08. The molecule has 5 heteroatoms. The van der Waals surface area contributed by atoms with Gasteiger partial charge in [0.1, 0.15) is 6.10 Å². The van der Waals surface area contributed by atoms with E-state index in [1.165, 1.54) is 0 Å². The van der Waals surface area contributed by atoms with Crippen LogP contribution >= 0.6 is 0 Å². The highest BCUT2D eigenvalue weighted by molar-refractivity contribution is 5.82. The first-order chi connectivity index (χ1) is 12.1. The van der Waals surface area contributed by atoms with Crippen LogP contribution in [0.3, 0.4) is 0 Å². The van der Waals surface area contributed by atoms with E-state index in [0.717, 1.165) is 37.7 Å². The first kappa shape index (κ1) is 17.9. The number of aliphatic hydroxyl groups excluding tert-OH is 1. The molecule has 1 aliphatic heterocycles. The summed E-state index contributed by atoms with van der Waals surface area (Å²) in [6.45, 7) is 2.43. The van der Waals surface area contributed by atoms with Crippen LogP contribution in [0.15, 0.2) is 30.3 Å². The summed E-state index contributed by atoms with van der Waals surface area (Å²) in [6, 6.07) is 9.57. The zero-order chi connectivity index (χ0) is 17.6. The Bertz CT molecular complexity index is 584. The Balaban J connectivity index is 1.53. The number of hydrogen-bond donors (Lipinski definition) is 1. The van der Waals surface area contributed by atoms with Crippen molar-refractivity contribution in [1.82, 2.24) is 9.80 Å². The molecule has 1 heterocycles. The minimum Gasteiger partial charge on any atom is -0.383 e. The van der Waals surface area contributed by atoms with E-state index in [0.29, 0.717) is 32.6 Å². The van der Waals surface area contributed by atoms with Gasteiger partial charge in [-0.2, -0.15) is 0 Å². The first-order valence-electron chi connectivity index (χ1n) is 9.44. The molecule has 1 atom stereocenters. The molecular formula is C20H28N2O3. The van der Waals surface area contributed by atoms with Crippen molar-refractivity contribution in [3.05, 3.63) is 35.9 Å². The van der Waals surface area contributed by atoms with Crippen LogP contribution in [0.4, 0.5) is 0 Å². The Morgan fingerprint density at radius 3 is 2.32 bits per heavy atom. The van der Waals surface area contributed by atoms with Crippen molar-refractivity contribution in [1.29, 1.82) is 0 Å². The lowest BCUT2D eigenvalue weighted by Gasteiger charge is -2.25. The molecule has 1 saturated heterocycles. The molecule has 136 valence electrons. The molecule has 3 rings (SSSR count). The molecule has 25 heavy (non-hydrogen) atoms. The topological polar surface area (TPSA) is 60.9 Å². The van der Waals surface area contributed by atoms with Crippen molar-refractivity contribution in [2.45, 2.75) is 44.6 Å². The van der Waals surface area contributed by atoms with Gasteiger partial charge in [-0.1, -0.05) is 43.2 Å². The summed E-state index contributed by atoms with van der Waals surface area (Å²) in [5.74, 6) is 0.224. The third-order valence-corrected chi connectivity index (χ3v) is 5.38. The van der Waals surface area contributed by atoms with Gasteiger partial charge >= 0.3 is 0 Å². The molecule has 1 saturated carbocycles. The second-order valence-electron chi connectivity index (χ2n) is 7.19. The first-order valence-corrected chi connectivity index (χ1v) is 9.44. The third kappa shape index (κ3) is 4.60. The van der Waals surface area contributed by atoms with E-state index in [1.807, 2.05) is 35.2 Å². The largest absolute Gasteiger partial charge is 0.383 e. The van der Waals surface area contributed by atoms with E-state index in [9.17, 15) is 14.7 Å². The van der Waals surface area contributed by atoms with E-state index in [1.54, 1.807) is 4.90 Å². The average molecular weight is 344 g/mol. The van der Waals surface area contributed by atoms with E-state index >= 15 is 0 Å². The Morgan fingerprint density at radius 1 is 0.960 bits per heavy atom. The molecule has 0 bridgehead atoms. The van der Waals surface area contributed by atoms with Crippen LogP contribution in [0.2, 0.25) is 0 Å². The van der Waals surface area contributed by atoms with Gasteiger partial charge in [-0.05, 0) is 24.8 Å². The van der Waals surface area contributed by atoms with Gasteiger partial charge in [0.05, 0.1) is 0 Å². The maximum Gasteiger partial charge on any atom is 0.251 e. The summed E-state index contributed by atoms with van der Waals surface area (Å²) in [7, 11) is 0. The van der Waals surface area contributed by atoms with Crippen molar-refractivity contribution >= 4 is 11.8 Å². The quantitative estimate of drug-likeness (QED) is 0.907. The smallest absolute Gasteiger partial charge is 0.251 e. The molecule has 0 spiro atoms. The number of nitrogens with zero attached hydrogens (tertiary/aromatic N) is 2. The van der Waals surface area contributed by atoms with Crippen LogP contribution in [0.25, 0.3) is 0 Å². The van der Waals surface area contributed by atoms with Gasteiger partial charge in [0.15, 0.2) is 0 Å². The van der Waals surface area contributed by atoms with E-state index in [2.05, 4.69) is 0 Å². The summed E-state index contributed by atoms with van der Waals surface area (Å²) in [5, 5.41) is 10.3. The number of carbonyl (C=O) groups excluding carboxylic acids is 2. The van der Waals surface area contributed by atoms with Gasteiger partial charge < -0.3 is 14.9 Å². The second kappa shape index (κ2) is 8.48. The fourth-order valence-corrected chi connectivity index (χ4v) is 3.92. The lowest BCUT2D eigenvalue weighted by atomic mass is 10.1. The summed E-state index contributed by atoms with van der Waals surface area (Å²) in [5.41, 5.74) is 0.955. The van der Waals surface area contributed by atoms with E-state index in [4.69, 9.17) is 0 Å². The Morgan fingerprint density at radius 2 is 1.60 bits per heavy atom. The van der Waals surface area contributed by atoms with Crippen LogP contribution < -0.4 is 0 Å². The van der Waals surface area contributed by atoms with Gasteiger partial charge in [0.2, 0.25) is 5.91 Å². The summed E-state index contributed by atoms with van der Waals surface area (Å²) < 4.78 is 0. The molecule has 1 aromatic carbocycles. The standard InChI is InChI=1S/C20H28N2O3/c23-18(15-16-7-2-1-3-8-16)20(25)22-12-6-11-21(13-14-22)19(24)17-9-4-5-10-17/h1-3,7-8,17-18,23H,4-6,9-15H2/t18-/m0/s1. The molecule has 5 nitrogen and oxygen atoms in total. The molecule has 2 fully saturated rings. The molecular weight excluding hydrogens is 316 g/mol. The van der Waals surface area contributed by atoms with Crippen LogP contribution in [-0.2, 0) is 16.0 Å². The Hall–Kier alpha value is -1.88. The van der Waals surface area contributed by atoms with Crippen molar-refractivity contribution in [2.75, 3.05) is 26.2 Å². The summed E-state index contributed by atoms with van der Waals surface area (Å²) in [4.78, 5) is 28.8. The van der Waals surface area contributed by atoms with Crippen molar-refractivity contribution in [3.63, 3.8) is 0 Å². The van der Waals surface area contributed by atoms with Crippen LogP contribution in [0.1, 0.15) is 37.7 Å². The fourth-order valence-electron chi connectivity index (χ4n) is 3.92. The predicted octanol–water partition coefficient (Wildman–Crippen LogP) is 1.84. The third-order valence-electron chi connectivity index (χ3n) is 5.38. The van der Waals surface area contributed by atoms with Gasteiger partial charge in [-0.15, -0.1) is 0 Å². The highest BCUT2D eigenvalue weighted by Crippen LogP contribution is 2.27. The van der Waals surface area contributed by atoms with Crippen molar-refractivity contribution in [3.8, 4) is 0 Å². The Labute approximate surface area is 149 Å². The monoisotopic (exact) mass is 344 g/mol. The number of amides is 2. The summed E-state index contributed by atoms with van der Waals surface area (Å²) >= 11 is 0. The molecule has 1 N–H and O–H groups in total. The number of benzene rings is 1. The molecule has 0 unspecified atom stereocenters. The molecule has 1 aromatic rings. The van der Waals surface area contributed by atoms with E-state index < -0.39 is 6.10 Å². The van der Waals surface area contributed by atoms with E-state index in [-0.39, 0.29) is 17.7 Å². The molecule has 2 aliphatic rings. The van der Waals surface area contributed by atoms with Crippen LogP contribution in [-0.4, -0.2) is 59.0 Å². The fraction of sp³-hybridized carbons (Fsp3) is 0.600. The highest BCUT2D eigenvalue weighted by atomic mass is 16.3. The highest BCUT2D eigenvalue weighted by Gasteiger charge is 2.30. The SMILES string of the molecule is O=C(C1CCCC1)N1CCCN(C(=O)[C@@H](O)Cc2ccccc2)CC1. The lowest BCUT2D eigenvalue weighted by Crippen LogP contribution is -2.43. The number of rotatable bonds is 4. The number of carbonyl (C=O) groups is 2. The predicted molar refractivity (Wildman–Crippen MR) is 95.9 cm³/mol. The molecule has 1 aliphatic carbocycles. The lowest BCUT2D eigenvalue weighted by molar-refractivity contribution is -0.141. The molecule has 2 amide bonds. The number of hydrogen-bond acceptors (Lipinski definition) is 3. The van der Waals surface area contributed by atoms with Crippen molar-refractivity contribution < 1.29 is 14.7 Å². The minimum absolute atomic E-state index is 0.186. The summed E-state index contributed by atoms with van der Waals surface area (Å²) in [6.07, 6.45) is 4.42. The number of aliphatic hydroxyl groups is 1. The maximum atomic E-state index is 12.6. The maximum absolute atomic E-state index is 12.6. The van der Waals surface area contributed by atoms with Gasteiger partial charge in [-0.25, -0.2) is 0 Å². The normalized spacial score (nSPS) is 20.4. The van der Waals surface area contributed by atoms with Gasteiger partial charge in [-0.3, -0.25) is 9.59 Å². The molecule has 0 aromatic heterocycles. The minimum atomic E-state index is -1.01. The van der Waals surface area contributed by atoms with Crippen molar-refractivity contribution in [2.24, 2.45) is 5.92 Å². The molecule has 0 radical (unpaired) electrons. The van der Waals surface area contributed by atoms with Crippen LogP contribution in [0, 0.1) is 5.92 Å². The van der Waals surface area contributed by atoms with Gasteiger partial charge in [0, 0.05) is 38.5 Å². The zero-order valence-corrected chi connectivity index (χ0v) is 14.8. The second-order valence-corrected chi connectivity index (χ2v) is 7.19. The van der Waals surface area contributed by atoms with Gasteiger partial charge in [0.25, 0.3) is 5.91 Å². The van der Waals surface area contributed by atoms with Crippen LogP contribution in [0.5, 0.6) is 0 Å². The average Bonchev–Trinajstić information content (AvgIpc) is 3.06.